The molecule has 0 aliphatic carbocycles. The van der Waals surface area contributed by atoms with Gasteiger partial charge in [0.1, 0.15) is 17.6 Å². The summed E-state index contributed by atoms with van der Waals surface area (Å²) in [6.45, 7) is 4.67. The van der Waals surface area contributed by atoms with Crippen LogP contribution in [0.1, 0.15) is 25.5 Å². The first-order valence-electron chi connectivity index (χ1n) is 5.84. The quantitative estimate of drug-likeness (QED) is 0.753. The summed E-state index contributed by atoms with van der Waals surface area (Å²) in [6.07, 6.45) is 4.07. The molecule has 0 bridgehead atoms. The van der Waals surface area contributed by atoms with E-state index in [1.807, 2.05) is 44.2 Å². The van der Waals surface area contributed by atoms with E-state index >= 15 is 0 Å². The molecule has 94 valence electrons. The molecule has 0 saturated heterocycles. The first-order valence-corrected chi connectivity index (χ1v) is 5.84. The van der Waals surface area contributed by atoms with E-state index in [0.29, 0.717) is 6.61 Å². The lowest BCUT2D eigenvalue weighted by Gasteiger charge is -2.12. The molecule has 0 N–H and O–H groups in total. The van der Waals surface area contributed by atoms with Gasteiger partial charge >= 0.3 is 0 Å². The second-order valence-corrected chi connectivity index (χ2v) is 3.33. The minimum absolute atomic E-state index is 0.0222. The predicted octanol–water partition coefficient (Wildman–Crippen LogP) is 3.36. The molecule has 1 aromatic carbocycles. The van der Waals surface area contributed by atoms with E-state index in [0.717, 1.165) is 17.1 Å². The minimum atomic E-state index is 0.0222. The molecule has 1 unspecified atom stereocenters. The van der Waals surface area contributed by atoms with Crippen LogP contribution in [0.2, 0.25) is 0 Å². The highest BCUT2D eigenvalue weighted by atomic mass is 16.5. The summed E-state index contributed by atoms with van der Waals surface area (Å²) in [7, 11) is 3.29. The smallest absolute Gasteiger partial charge is 0.122 e. The van der Waals surface area contributed by atoms with Crippen molar-refractivity contribution in [3.05, 3.63) is 35.9 Å². The van der Waals surface area contributed by atoms with E-state index in [1.165, 1.54) is 0 Å². The second-order valence-electron chi connectivity index (χ2n) is 3.33. The monoisotopic (exact) mass is 236 g/mol. The van der Waals surface area contributed by atoms with Crippen LogP contribution in [0.4, 0.5) is 0 Å². The van der Waals surface area contributed by atoms with Gasteiger partial charge in [-0.25, -0.2) is 0 Å². The fraction of sp³-hybridized carbons (Fsp3) is 0.429. The summed E-state index contributed by atoms with van der Waals surface area (Å²) in [5.41, 5.74) is 1.06. The van der Waals surface area contributed by atoms with Gasteiger partial charge in [0.2, 0.25) is 0 Å². The van der Waals surface area contributed by atoms with Crippen LogP contribution in [-0.4, -0.2) is 20.8 Å². The van der Waals surface area contributed by atoms with Crippen LogP contribution in [0.25, 0.3) is 0 Å². The van der Waals surface area contributed by atoms with E-state index in [2.05, 4.69) is 0 Å². The second kappa shape index (κ2) is 6.97. The van der Waals surface area contributed by atoms with Gasteiger partial charge in [0, 0.05) is 6.07 Å². The third-order valence-electron chi connectivity index (χ3n) is 2.39. The van der Waals surface area contributed by atoms with Crippen molar-refractivity contribution in [2.75, 3.05) is 20.8 Å². The third-order valence-corrected chi connectivity index (χ3v) is 2.39. The van der Waals surface area contributed by atoms with Gasteiger partial charge in [-0.2, -0.15) is 0 Å². The van der Waals surface area contributed by atoms with E-state index < -0.39 is 0 Å². The van der Waals surface area contributed by atoms with Crippen LogP contribution in [0.3, 0.4) is 0 Å². The third kappa shape index (κ3) is 3.49. The van der Waals surface area contributed by atoms with Crippen LogP contribution >= 0.6 is 0 Å². The Morgan fingerprint density at radius 1 is 1.06 bits per heavy atom. The molecule has 17 heavy (non-hydrogen) atoms. The van der Waals surface area contributed by atoms with E-state index in [9.17, 15) is 0 Å². The molecule has 1 heterocycles. The average molecular weight is 236 g/mol. The molecule has 0 saturated carbocycles. The van der Waals surface area contributed by atoms with Crippen molar-refractivity contribution >= 4 is 0 Å². The van der Waals surface area contributed by atoms with Crippen LogP contribution in [-0.2, 0) is 4.74 Å². The predicted molar refractivity (Wildman–Crippen MR) is 68.7 cm³/mol. The molecular formula is C14H20O3. The Hall–Kier alpha value is -1.48. The highest BCUT2D eigenvalue weighted by Crippen LogP contribution is 2.30. The van der Waals surface area contributed by atoms with Crippen molar-refractivity contribution in [2.45, 2.75) is 20.0 Å². The Bertz CT molecular complexity index is 349. The lowest BCUT2D eigenvalue weighted by atomic mass is 10.1. The maximum Gasteiger partial charge on any atom is 0.122 e. The molecule has 3 heteroatoms. The van der Waals surface area contributed by atoms with Crippen LogP contribution in [0.5, 0.6) is 11.5 Å². The molecule has 1 aromatic rings. The fourth-order valence-electron chi connectivity index (χ4n) is 1.59. The molecule has 2 rings (SSSR count). The first kappa shape index (κ1) is 13.6. The number of benzene rings is 1. The van der Waals surface area contributed by atoms with Crippen molar-refractivity contribution in [3.8, 4) is 11.5 Å². The van der Waals surface area contributed by atoms with Crippen LogP contribution in [0.15, 0.2) is 30.4 Å². The summed E-state index contributed by atoms with van der Waals surface area (Å²) in [4.78, 5) is 0. The Morgan fingerprint density at radius 3 is 2.06 bits per heavy atom. The van der Waals surface area contributed by atoms with Crippen molar-refractivity contribution in [3.63, 3.8) is 0 Å². The van der Waals surface area contributed by atoms with Gasteiger partial charge < -0.3 is 14.2 Å². The SMILES string of the molecule is CC.COc1cc(OC)cc(C2C=CCO2)c1. The van der Waals surface area contributed by atoms with Crippen LogP contribution in [0, 0.1) is 0 Å². The Labute approximate surface area is 103 Å². The van der Waals surface area contributed by atoms with Gasteiger partial charge in [-0.1, -0.05) is 26.0 Å². The zero-order valence-corrected chi connectivity index (χ0v) is 10.9. The topological polar surface area (TPSA) is 27.7 Å². The number of rotatable bonds is 3. The number of ether oxygens (including phenoxy) is 3. The molecule has 3 nitrogen and oxygen atoms in total. The summed E-state index contributed by atoms with van der Waals surface area (Å²) in [5.74, 6) is 1.57. The lowest BCUT2D eigenvalue weighted by molar-refractivity contribution is 0.129. The standard InChI is InChI=1S/C12H14O3.C2H6/c1-13-10-6-9(7-11(8-10)14-2)12-4-3-5-15-12;1-2/h3-4,6-8,12H,5H2,1-2H3;1-2H3. The molecule has 1 atom stereocenters. The van der Waals surface area contributed by atoms with Crippen molar-refractivity contribution in [1.82, 2.24) is 0 Å². The Kier molecular flexibility index (Phi) is 5.57. The van der Waals surface area contributed by atoms with Crippen molar-refractivity contribution in [1.29, 1.82) is 0 Å². The van der Waals surface area contributed by atoms with Crippen LogP contribution < -0.4 is 9.47 Å². The summed E-state index contributed by atoms with van der Waals surface area (Å²) < 4.78 is 15.9. The minimum Gasteiger partial charge on any atom is -0.497 e. The number of hydrogen-bond acceptors (Lipinski definition) is 3. The summed E-state index contributed by atoms with van der Waals surface area (Å²) in [5, 5.41) is 0. The lowest BCUT2D eigenvalue weighted by Crippen LogP contribution is -1.97. The molecule has 0 radical (unpaired) electrons. The van der Waals surface area contributed by atoms with Gasteiger partial charge in [-0.15, -0.1) is 0 Å². The van der Waals surface area contributed by atoms with E-state index in [4.69, 9.17) is 14.2 Å². The molecule has 1 aliphatic rings. The number of methoxy groups -OCH3 is 2. The first-order chi connectivity index (χ1) is 8.33. The Balaban J connectivity index is 0.000000686. The molecular weight excluding hydrogens is 216 g/mol. The normalized spacial score (nSPS) is 17.3. The molecule has 0 spiro atoms. The number of hydrogen-bond donors (Lipinski definition) is 0. The molecule has 0 amide bonds. The van der Waals surface area contributed by atoms with E-state index in [-0.39, 0.29) is 6.10 Å². The van der Waals surface area contributed by atoms with Crippen molar-refractivity contribution < 1.29 is 14.2 Å². The maximum absolute atomic E-state index is 5.52. The Morgan fingerprint density at radius 2 is 1.65 bits per heavy atom. The summed E-state index contributed by atoms with van der Waals surface area (Å²) >= 11 is 0. The van der Waals surface area contributed by atoms with Gasteiger partial charge in [-0.05, 0) is 17.7 Å². The molecule has 0 fully saturated rings. The molecule has 1 aliphatic heterocycles. The highest BCUT2D eigenvalue weighted by molar-refractivity contribution is 5.40. The largest absolute Gasteiger partial charge is 0.497 e. The van der Waals surface area contributed by atoms with E-state index in [1.54, 1.807) is 14.2 Å². The summed E-state index contributed by atoms with van der Waals surface area (Å²) in [6, 6.07) is 5.77. The highest BCUT2D eigenvalue weighted by Gasteiger charge is 2.14. The van der Waals surface area contributed by atoms with Gasteiger partial charge in [-0.3, -0.25) is 0 Å². The van der Waals surface area contributed by atoms with Gasteiger partial charge in [0.25, 0.3) is 0 Å². The molecule has 0 aromatic heterocycles. The zero-order chi connectivity index (χ0) is 12.7. The van der Waals surface area contributed by atoms with Crippen molar-refractivity contribution in [2.24, 2.45) is 0 Å². The van der Waals surface area contributed by atoms with Gasteiger partial charge in [0.05, 0.1) is 20.8 Å². The zero-order valence-electron chi connectivity index (χ0n) is 10.9. The average Bonchev–Trinajstić information content (AvgIpc) is 2.94. The van der Waals surface area contributed by atoms with Gasteiger partial charge in [0.15, 0.2) is 0 Å². The fourth-order valence-corrected chi connectivity index (χ4v) is 1.59. The maximum atomic E-state index is 5.52.